The highest BCUT2D eigenvalue weighted by Gasteiger charge is 2.37. The lowest BCUT2D eigenvalue weighted by molar-refractivity contribution is -0.113. The second-order valence-electron chi connectivity index (χ2n) is 6.65. The maximum atomic E-state index is 12.5. The van der Waals surface area contributed by atoms with Crippen LogP contribution in [-0.4, -0.2) is 51.2 Å². The van der Waals surface area contributed by atoms with Crippen molar-refractivity contribution in [2.24, 2.45) is 0 Å². The molecule has 11 heteroatoms. The molecular formula is C21H18N6O4S. The molecule has 0 radical (unpaired) electrons. The Bertz CT molecular complexity index is 1390. The van der Waals surface area contributed by atoms with Gasteiger partial charge in [0.05, 0.1) is 4.90 Å². The van der Waals surface area contributed by atoms with Gasteiger partial charge >= 0.3 is 0 Å². The third-order valence-electron chi connectivity index (χ3n) is 4.66. The third-order valence-corrected chi connectivity index (χ3v) is 6.48. The Morgan fingerprint density at radius 1 is 0.969 bits per heavy atom. The molecular weight excluding hydrogens is 432 g/mol. The van der Waals surface area contributed by atoms with Crippen molar-refractivity contribution in [1.82, 2.24) is 24.7 Å². The molecule has 1 aliphatic heterocycles. The first-order valence-corrected chi connectivity index (χ1v) is 10.8. The van der Waals surface area contributed by atoms with Gasteiger partial charge in [0.15, 0.2) is 11.5 Å². The fourth-order valence-corrected chi connectivity index (χ4v) is 4.48. The van der Waals surface area contributed by atoms with Crippen LogP contribution in [0.1, 0.15) is 5.56 Å². The number of rotatable bonds is 2. The van der Waals surface area contributed by atoms with E-state index < -0.39 is 21.7 Å². The number of aromatic amines is 1. The summed E-state index contributed by atoms with van der Waals surface area (Å²) in [6.45, 7) is 0. The molecule has 0 saturated heterocycles. The lowest BCUT2D eigenvalue weighted by atomic mass is 10.1. The number of carbonyl (C=O) groups is 1. The van der Waals surface area contributed by atoms with Crippen molar-refractivity contribution < 1.29 is 18.3 Å². The number of aliphatic hydroxyl groups is 1. The van der Waals surface area contributed by atoms with Crippen molar-refractivity contribution in [2.75, 3.05) is 12.4 Å². The van der Waals surface area contributed by atoms with Gasteiger partial charge in [0.25, 0.3) is 15.9 Å². The van der Waals surface area contributed by atoms with Gasteiger partial charge in [-0.3, -0.25) is 9.10 Å². The van der Waals surface area contributed by atoms with E-state index in [2.05, 4.69) is 25.7 Å². The number of amides is 1. The smallest absolute Gasteiger partial charge is 0.277 e. The largest absolute Gasteiger partial charge is 0.505 e. The van der Waals surface area contributed by atoms with E-state index in [0.29, 0.717) is 0 Å². The van der Waals surface area contributed by atoms with Crippen molar-refractivity contribution >= 4 is 38.5 Å². The quantitative estimate of drug-likeness (QED) is 0.426. The Kier molecular flexibility index (Phi) is 5.56. The molecule has 2 aromatic carbocycles. The van der Waals surface area contributed by atoms with Gasteiger partial charge < -0.3 is 10.4 Å². The van der Waals surface area contributed by atoms with E-state index in [-0.39, 0.29) is 22.0 Å². The zero-order valence-electron chi connectivity index (χ0n) is 16.8. The summed E-state index contributed by atoms with van der Waals surface area (Å²) < 4.78 is 25.8. The average Bonchev–Trinajstić information content (AvgIpc) is 3.28. The number of aromatic nitrogens is 4. The molecule has 5 rings (SSSR count). The highest BCUT2D eigenvalue weighted by molar-refractivity contribution is 7.89. The zero-order chi connectivity index (χ0) is 22.7. The molecule has 4 aromatic rings. The molecule has 0 fully saturated rings. The second kappa shape index (κ2) is 8.47. The SMILES string of the molecule is CN1C(C(=O)Nc2ccccn2)=C(O)c2ccccc2S1(=O)=O.c1ccc2n[nH]nc2c1. The van der Waals surface area contributed by atoms with E-state index >= 15 is 0 Å². The summed E-state index contributed by atoms with van der Waals surface area (Å²) in [5.41, 5.74) is 1.57. The lowest BCUT2D eigenvalue weighted by Gasteiger charge is -2.28. The minimum atomic E-state index is -3.91. The third kappa shape index (κ3) is 3.88. The number of nitrogens with one attached hydrogen (secondary N) is 2. The number of likely N-dealkylation sites (N-methyl/N-ethyl adjacent to an activating group) is 1. The van der Waals surface area contributed by atoms with Crippen LogP contribution in [-0.2, 0) is 14.8 Å². The molecule has 3 heterocycles. The Hall–Kier alpha value is -4.25. The van der Waals surface area contributed by atoms with E-state index in [1.54, 1.807) is 30.3 Å². The topological polar surface area (TPSA) is 141 Å². The van der Waals surface area contributed by atoms with E-state index in [1.165, 1.54) is 25.4 Å². The van der Waals surface area contributed by atoms with Crippen molar-refractivity contribution in [3.05, 3.63) is 84.2 Å². The Labute approximate surface area is 183 Å². The number of benzene rings is 2. The molecule has 3 N–H and O–H groups in total. The van der Waals surface area contributed by atoms with Gasteiger partial charge in [0.2, 0.25) is 0 Å². The predicted molar refractivity (Wildman–Crippen MR) is 118 cm³/mol. The lowest BCUT2D eigenvalue weighted by Crippen LogP contribution is -2.37. The molecule has 32 heavy (non-hydrogen) atoms. The summed E-state index contributed by atoms with van der Waals surface area (Å²) in [6.07, 6.45) is 1.49. The molecule has 0 aliphatic carbocycles. The monoisotopic (exact) mass is 450 g/mol. The maximum Gasteiger partial charge on any atom is 0.277 e. The Morgan fingerprint density at radius 2 is 1.59 bits per heavy atom. The number of sulfonamides is 1. The summed E-state index contributed by atoms with van der Waals surface area (Å²) in [5, 5.41) is 23.1. The number of H-pyrrole nitrogens is 1. The predicted octanol–water partition coefficient (Wildman–Crippen LogP) is 2.54. The van der Waals surface area contributed by atoms with Gasteiger partial charge in [-0.1, -0.05) is 30.3 Å². The normalized spacial score (nSPS) is 14.3. The number of nitrogens with zero attached hydrogens (tertiary/aromatic N) is 4. The van der Waals surface area contributed by atoms with E-state index in [4.69, 9.17) is 0 Å². The standard InChI is InChI=1S/C15H13N3O4S.C6H5N3/c1-18-13(15(20)17-12-8-4-5-9-16-12)14(19)10-6-2-3-7-11(10)23(18,21)22;1-2-4-6-5(3-1)7-9-8-6/h2-9,19H,1H3,(H,16,17,20);1-4H,(H,7,8,9). The Morgan fingerprint density at radius 3 is 2.25 bits per heavy atom. The highest BCUT2D eigenvalue weighted by atomic mass is 32.2. The number of hydrogen-bond acceptors (Lipinski definition) is 7. The maximum absolute atomic E-state index is 12.5. The van der Waals surface area contributed by atoms with E-state index in [1.807, 2.05) is 24.3 Å². The highest BCUT2D eigenvalue weighted by Crippen LogP contribution is 2.34. The van der Waals surface area contributed by atoms with Crippen molar-refractivity contribution in [1.29, 1.82) is 0 Å². The van der Waals surface area contributed by atoms with Crippen LogP contribution in [0.3, 0.4) is 0 Å². The molecule has 1 aliphatic rings. The van der Waals surface area contributed by atoms with E-state index in [0.717, 1.165) is 15.3 Å². The van der Waals surface area contributed by atoms with E-state index in [9.17, 15) is 18.3 Å². The summed E-state index contributed by atoms with van der Waals surface area (Å²) >= 11 is 0. The number of hydrogen-bond donors (Lipinski definition) is 3. The van der Waals surface area contributed by atoms with Crippen LogP contribution < -0.4 is 5.32 Å². The van der Waals surface area contributed by atoms with Gasteiger partial charge in [-0.15, -0.1) is 0 Å². The van der Waals surface area contributed by atoms with Crippen molar-refractivity contribution in [2.45, 2.75) is 4.90 Å². The van der Waals surface area contributed by atoms with Crippen molar-refractivity contribution in [3.8, 4) is 0 Å². The first kappa shape index (κ1) is 21.0. The van der Waals surface area contributed by atoms with Gasteiger partial charge in [-0.2, -0.15) is 15.4 Å². The van der Waals surface area contributed by atoms with Crippen LogP contribution in [0.25, 0.3) is 16.8 Å². The fourth-order valence-electron chi connectivity index (χ4n) is 3.08. The molecule has 0 spiro atoms. The number of carbonyl (C=O) groups excluding carboxylic acids is 1. The second-order valence-corrected chi connectivity index (χ2v) is 8.59. The molecule has 10 nitrogen and oxygen atoms in total. The number of pyridine rings is 1. The van der Waals surface area contributed by atoms with Gasteiger partial charge in [-0.05, 0) is 36.4 Å². The molecule has 1 amide bonds. The number of fused-ring (bicyclic) bond motifs is 2. The molecule has 0 bridgehead atoms. The van der Waals surface area contributed by atoms with Crippen LogP contribution in [0, 0.1) is 0 Å². The molecule has 0 atom stereocenters. The summed E-state index contributed by atoms with van der Waals surface area (Å²) in [7, 11) is -2.69. The van der Waals surface area contributed by atoms with Gasteiger partial charge in [-0.25, -0.2) is 13.4 Å². The van der Waals surface area contributed by atoms with Crippen LogP contribution in [0.15, 0.2) is 83.5 Å². The number of aliphatic hydroxyl groups excluding tert-OH is 1. The summed E-state index contributed by atoms with van der Waals surface area (Å²) in [5.74, 6) is -0.907. The number of anilines is 1. The minimum absolute atomic E-state index is 0.0469. The zero-order valence-corrected chi connectivity index (χ0v) is 17.6. The molecule has 162 valence electrons. The fraction of sp³-hybridized carbons (Fsp3) is 0.0476. The summed E-state index contributed by atoms with van der Waals surface area (Å²) in [4.78, 5) is 16.3. The summed E-state index contributed by atoms with van der Waals surface area (Å²) in [6, 6.07) is 18.6. The van der Waals surface area contributed by atoms with Crippen LogP contribution >= 0.6 is 0 Å². The van der Waals surface area contributed by atoms with Crippen LogP contribution in [0.5, 0.6) is 0 Å². The van der Waals surface area contributed by atoms with Crippen LogP contribution in [0.4, 0.5) is 5.82 Å². The van der Waals surface area contributed by atoms with Crippen molar-refractivity contribution in [3.63, 3.8) is 0 Å². The molecule has 0 saturated carbocycles. The van der Waals surface area contributed by atoms with Gasteiger partial charge in [0, 0.05) is 18.8 Å². The first-order chi connectivity index (χ1) is 15.4. The van der Waals surface area contributed by atoms with Crippen LogP contribution in [0.2, 0.25) is 0 Å². The molecule has 0 unspecified atom stereocenters. The Balaban J connectivity index is 0.000000225. The molecule has 2 aromatic heterocycles. The van der Waals surface area contributed by atoms with Gasteiger partial charge in [0.1, 0.15) is 16.9 Å². The first-order valence-electron chi connectivity index (χ1n) is 9.39. The minimum Gasteiger partial charge on any atom is -0.505 e. The number of para-hydroxylation sites is 2. The average molecular weight is 450 g/mol.